The number of rotatable bonds is 9. The summed E-state index contributed by atoms with van der Waals surface area (Å²) < 4.78 is 33.5. The molecule has 0 atom stereocenters. The summed E-state index contributed by atoms with van der Waals surface area (Å²) in [5, 5.41) is 6.26. The first-order valence-corrected chi connectivity index (χ1v) is 10.3. The van der Waals surface area contributed by atoms with Crippen LogP contribution in [0.2, 0.25) is 0 Å². The van der Waals surface area contributed by atoms with Gasteiger partial charge in [-0.05, 0) is 32.4 Å². The van der Waals surface area contributed by atoms with Crippen molar-refractivity contribution in [3.63, 3.8) is 0 Å². The molecule has 0 aromatic heterocycles. The Morgan fingerprint density at radius 1 is 1.22 bits per heavy atom. The lowest BCUT2D eigenvalue weighted by molar-refractivity contribution is 0.145. The van der Waals surface area contributed by atoms with E-state index in [1.54, 1.807) is 28.0 Å². The fraction of sp³-hybridized carbons (Fsp3) is 0.611. The van der Waals surface area contributed by atoms with Gasteiger partial charge in [-0.2, -0.15) is 0 Å². The predicted molar refractivity (Wildman–Crippen MR) is 121 cm³/mol. The molecule has 0 unspecified atom stereocenters. The van der Waals surface area contributed by atoms with Gasteiger partial charge in [-0.3, -0.25) is 4.99 Å². The lowest BCUT2D eigenvalue weighted by Gasteiger charge is -2.24. The summed E-state index contributed by atoms with van der Waals surface area (Å²) in [5.74, 6) is 1.33. The molecule has 0 radical (unpaired) electrons. The Labute approximate surface area is 180 Å². The van der Waals surface area contributed by atoms with E-state index in [0.29, 0.717) is 25.7 Å². The molecular weight excluding hydrogens is 481 g/mol. The second kappa shape index (κ2) is 11.7. The molecule has 1 aromatic carbocycles. The second-order valence-electron chi connectivity index (χ2n) is 6.76. The third-order valence-corrected chi connectivity index (χ3v) is 6.27. The van der Waals surface area contributed by atoms with Gasteiger partial charge >= 0.3 is 0 Å². The highest BCUT2D eigenvalue weighted by atomic mass is 127. The second-order valence-corrected chi connectivity index (χ2v) is 9.41. The van der Waals surface area contributed by atoms with Crippen molar-refractivity contribution in [3.05, 3.63) is 29.3 Å². The molecule has 0 saturated heterocycles. The average Bonchev–Trinajstić information content (AvgIpc) is 2.55. The van der Waals surface area contributed by atoms with Crippen LogP contribution in [0.15, 0.2) is 23.2 Å². The number of ether oxygens (including phenoxy) is 2. The van der Waals surface area contributed by atoms with Crippen LogP contribution in [0.5, 0.6) is 5.75 Å². The molecule has 7 nitrogen and oxygen atoms in total. The molecule has 0 aliphatic heterocycles. The Balaban J connectivity index is 0.00000676. The smallest absolute Gasteiger partial charge is 0.191 e. The van der Waals surface area contributed by atoms with Gasteiger partial charge in [0.05, 0.1) is 11.4 Å². The molecule has 9 heteroatoms. The van der Waals surface area contributed by atoms with Gasteiger partial charge in [0.2, 0.25) is 0 Å². The zero-order valence-electron chi connectivity index (χ0n) is 17.0. The Morgan fingerprint density at radius 3 is 2.44 bits per heavy atom. The highest BCUT2D eigenvalue weighted by Crippen LogP contribution is 2.20. The van der Waals surface area contributed by atoms with Crippen LogP contribution in [0, 0.1) is 6.92 Å². The van der Waals surface area contributed by atoms with Crippen LogP contribution in [0.3, 0.4) is 0 Å². The number of hydrogen-bond acceptors (Lipinski definition) is 5. The zero-order valence-corrected chi connectivity index (χ0v) is 20.1. The van der Waals surface area contributed by atoms with Crippen LogP contribution in [0.25, 0.3) is 0 Å². The maximum atomic E-state index is 11.8. The van der Waals surface area contributed by atoms with E-state index >= 15 is 0 Å². The quantitative estimate of drug-likeness (QED) is 0.228. The number of nitrogens with one attached hydrogen (secondary N) is 2. The summed E-state index contributed by atoms with van der Waals surface area (Å²) in [7, 11) is 0.107. The van der Waals surface area contributed by atoms with Gasteiger partial charge in [-0.1, -0.05) is 12.1 Å². The number of aryl methyl sites for hydroxylation is 1. The molecule has 0 saturated carbocycles. The van der Waals surface area contributed by atoms with Gasteiger partial charge in [-0.25, -0.2) is 8.42 Å². The third-order valence-electron chi connectivity index (χ3n) is 4.12. The predicted octanol–water partition coefficient (Wildman–Crippen LogP) is 2.13. The molecule has 1 aromatic rings. The van der Waals surface area contributed by atoms with Crippen molar-refractivity contribution in [1.29, 1.82) is 0 Å². The van der Waals surface area contributed by atoms with Gasteiger partial charge in [-0.15, -0.1) is 24.0 Å². The number of guanidine groups is 1. The molecule has 0 bridgehead atoms. The minimum absolute atomic E-state index is 0. The van der Waals surface area contributed by atoms with Gasteiger partial charge in [0, 0.05) is 39.1 Å². The molecular formula is C18H32IN3O4S. The summed E-state index contributed by atoms with van der Waals surface area (Å²) in [6, 6.07) is 6.00. The number of benzene rings is 1. The zero-order chi connectivity index (χ0) is 19.8. The first-order valence-electron chi connectivity index (χ1n) is 8.46. The van der Waals surface area contributed by atoms with Crippen molar-refractivity contribution in [3.8, 4) is 5.75 Å². The third kappa shape index (κ3) is 8.65. The summed E-state index contributed by atoms with van der Waals surface area (Å²) in [5.41, 5.74) is 2.09. The number of aliphatic imine (C=N–C) groups is 1. The largest absolute Gasteiger partial charge is 0.491 e. The summed E-state index contributed by atoms with van der Waals surface area (Å²) in [4.78, 5) is 4.15. The Bertz CT molecular complexity index is 721. The van der Waals surface area contributed by atoms with Crippen LogP contribution in [0.1, 0.15) is 25.0 Å². The van der Waals surface area contributed by atoms with Crippen molar-refractivity contribution in [2.45, 2.75) is 32.1 Å². The molecule has 0 spiro atoms. The molecule has 2 N–H and O–H groups in total. The molecule has 1 rings (SSSR count). The van der Waals surface area contributed by atoms with E-state index in [4.69, 9.17) is 9.47 Å². The summed E-state index contributed by atoms with van der Waals surface area (Å²) in [6.45, 7) is 7.13. The van der Waals surface area contributed by atoms with E-state index in [9.17, 15) is 8.42 Å². The molecule has 27 heavy (non-hydrogen) atoms. The van der Waals surface area contributed by atoms with Crippen LogP contribution < -0.4 is 15.4 Å². The summed E-state index contributed by atoms with van der Waals surface area (Å²) in [6.07, 6.45) is 1.24. The van der Waals surface area contributed by atoms with Crippen molar-refractivity contribution < 1.29 is 17.9 Å². The molecule has 0 heterocycles. The maximum Gasteiger partial charge on any atom is 0.191 e. The van der Waals surface area contributed by atoms with Crippen LogP contribution >= 0.6 is 24.0 Å². The standard InChI is InChI=1S/C18H31N3O4S.HI/c1-14-7-8-15(16(11-14)25-10-9-24-5)12-20-17(19-4)21-13-18(2,3)26(6,22)23;/h7-8,11H,9-10,12-13H2,1-6H3,(H2,19,20,21);1H. The Hall–Kier alpha value is -1.07. The lowest BCUT2D eigenvalue weighted by atomic mass is 10.1. The van der Waals surface area contributed by atoms with E-state index in [0.717, 1.165) is 16.9 Å². The molecule has 0 aliphatic carbocycles. The van der Waals surface area contributed by atoms with Crippen LogP contribution in [0.4, 0.5) is 0 Å². The van der Waals surface area contributed by atoms with Crippen molar-refractivity contribution in [2.24, 2.45) is 4.99 Å². The van der Waals surface area contributed by atoms with Crippen LogP contribution in [-0.4, -0.2) is 59.3 Å². The molecule has 0 fully saturated rings. The lowest BCUT2D eigenvalue weighted by Crippen LogP contribution is -2.47. The number of hydrogen-bond donors (Lipinski definition) is 2. The first-order chi connectivity index (χ1) is 12.1. The average molecular weight is 513 g/mol. The molecule has 0 amide bonds. The minimum Gasteiger partial charge on any atom is -0.491 e. The first kappa shape index (κ1) is 25.9. The van der Waals surface area contributed by atoms with E-state index in [1.165, 1.54) is 6.26 Å². The van der Waals surface area contributed by atoms with E-state index < -0.39 is 14.6 Å². The monoisotopic (exact) mass is 513 g/mol. The molecule has 0 aliphatic rings. The Morgan fingerprint density at radius 2 is 1.89 bits per heavy atom. The van der Waals surface area contributed by atoms with Crippen molar-refractivity contribution in [1.82, 2.24) is 10.6 Å². The van der Waals surface area contributed by atoms with Gasteiger partial charge in [0.15, 0.2) is 15.8 Å². The topological polar surface area (TPSA) is 89.0 Å². The van der Waals surface area contributed by atoms with E-state index in [-0.39, 0.29) is 30.5 Å². The normalized spacial score (nSPS) is 12.3. The number of nitrogens with zero attached hydrogens (tertiary/aromatic N) is 1. The van der Waals surface area contributed by atoms with Gasteiger partial charge in [0.1, 0.15) is 12.4 Å². The number of halogens is 1. The fourth-order valence-electron chi connectivity index (χ4n) is 2.00. The van der Waals surface area contributed by atoms with Gasteiger partial charge < -0.3 is 20.1 Å². The SMILES string of the molecule is CN=C(NCc1ccc(C)cc1OCCOC)NCC(C)(C)S(C)(=O)=O.I. The van der Waals surface area contributed by atoms with Crippen molar-refractivity contribution in [2.75, 3.05) is 40.2 Å². The van der Waals surface area contributed by atoms with E-state index in [2.05, 4.69) is 15.6 Å². The number of sulfone groups is 1. The van der Waals surface area contributed by atoms with E-state index in [1.807, 2.05) is 25.1 Å². The maximum absolute atomic E-state index is 11.8. The van der Waals surface area contributed by atoms with Crippen LogP contribution in [-0.2, 0) is 21.1 Å². The Kier molecular flexibility index (Phi) is 11.2. The number of methoxy groups -OCH3 is 1. The summed E-state index contributed by atoms with van der Waals surface area (Å²) >= 11 is 0. The highest BCUT2D eigenvalue weighted by Gasteiger charge is 2.30. The molecule has 156 valence electrons. The van der Waals surface area contributed by atoms with Crippen molar-refractivity contribution >= 4 is 39.8 Å². The minimum atomic E-state index is -3.17. The van der Waals surface area contributed by atoms with Gasteiger partial charge in [0.25, 0.3) is 0 Å². The fourth-order valence-corrected chi connectivity index (χ4v) is 2.34. The highest BCUT2D eigenvalue weighted by molar-refractivity contribution is 14.0.